The van der Waals surface area contributed by atoms with Gasteiger partial charge in [0.2, 0.25) is 0 Å². The molecule has 3 rings (SSSR count). The molecule has 0 fully saturated rings. The quantitative estimate of drug-likeness (QED) is 0.0955. The van der Waals surface area contributed by atoms with Crippen molar-refractivity contribution in [3.8, 4) is 10.6 Å². The minimum absolute atomic E-state index is 0.0399. The van der Waals surface area contributed by atoms with E-state index >= 15 is 0 Å². The van der Waals surface area contributed by atoms with Crippen LogP contribution in [0.25, 0.3) is 10.6 Å². The summed E-state index contributed by atoms with van der Waals surface area (Å²) in [6.07, 6.45) is 1.56. The number of halogens is 2. The first kappa shape index (κ1) is 26.7. The summed E-state index contributed by atoms with van der Waals surface area (Å²) in [7, 11) is 2.64. The van der Waals surface area contributed by atoms with Gasteiger partial charge in [0.05, 0.1) is 17.7 Å². The molecule has 0 saturated heterocycles. The van der Waals surface area contributed by atoms with E-state index in [9.17, 15) is 9.18 Å². The molecule has 35 heavy (non-hydrogen) atoms. The van der Waals surface area contributed by atoms with Gasteiger partial charge in [-0.15, -0.1) is 11.3 Å². The zero-order chi connectivity index (χ0) is 25.6. The van der Waals surface area contributed by atoms with E-state index in [0.29, 0.717) is 21.2 Å². The van der Waals surface area contributed by atoms with Crippen molar-refractivity contribution in [3.63, 3.8) is 0 Å². The lowest BCUT2D eigenvalue weighted by atomic mass is 9.99. The van der Waals surface area contributed by atoms with Crippen molar-refractivity contribution in [1.29, 1.82) is 0 Å². The molecule has 0 N–H and O–H groups in total. The molecule has 0 saturated carbocycles. The number of methoxy groups -OCH3 is 1. The number of thiazole rings is 1. The van der Waals surface area contributed by atoms with Gasteiger partial charge < -0.3 is 14.4 Å². The Morgan fingerprint density at radius 2 is 1.86 bits per heavy atom. The van der Waals surface area contributed by atoms with Gasteiger partial charge in [-0.3, -0.25) is 0 Å². The van der Waals surface area contributed by atoms with Gasteiger partial charge in [-0.1, -0.05) is 52.8 Å². The van der Waals surface area contributed by atoms with Crippen LogP contribution in [0.2, 0.25) is 0 Å². The molecule has 0 amide bonds. The van der Waals surface area contributed by atoms with Crippen molar-refractivity contribution in [1.82, 2.24) is 4.98 Å². The third kappa shape index (κ3) is 6.43. The van der Waals surface area contributed by atoms with Crippen molar-refractivity contribution in [2.75, 3.05) is 14.2 Å². The molecule has 10 heteroatoms. The monoisotopic (exact) mass is 609 g/mol. The largest absolute Gasteiger partial charge is 0.464 e. The van der Waals surface area contributed by atoms with Crippen molar-refractivity contribution < 1.29 is 23.6 Å². The second kappa shape index (κ2) is 11.7. The predicted molar refractivity (Wildman–Crippen MR) is 144 cm³/mol. The maximum absolute atomic E-state index is 14.3. The number of hydrogen-bond acceptors (Lipinski definition) is 8. The highest BCUT2D eigenvalue weighted by atomic mass is 127. The summed E-state index contributed by atoms with van der Waals surface area (Å²) in [5.41, 5.74) is 4.49. The highest BCUT2D eigenvalue weighted by Crippen LogP contribution is 2.39. The van der Waals surface area contributed by atoms with Crippen LogP contribution in [0, 0.1) is 6.92 Å². The number of benzene rings is 2. The Morgan fingerprint density at radius 3 is 2.51 bits per heavy atom. The summed E-state index contributed by atoms with van der Waals surface area (Å²) >= 11 is 3.06. The van der Waals surface area contributed by atoms with E-state index in [1.54, 1.807) is 34.9 Å². The average molecular weight is 609 g/mol. The number of esters is 1. The molecule has 184 valence electrons. The van der Waals surface area contributed by atoms with E-state index in [-0.39, 0.29) is 12.3 Å². The number of aromatic nitrogens is 1. The van der Waals surface area contributed by atoms with Crippen LogP contribution in [0.1, 0.15) is 41.0 Å². The van der Waals surface area contributed by atoms with Gasteiger partial charge in [0.1, 0.15) is 18.7 Å². The Labute approximate surface area is 221 Å². The van der Waals surface area contributed by atoms with Crippen molar-refractivity contribution in [3.05, 3.63) is 75.8 Å². The summed E-state index contributed by atoms with van der Waals surface area (Å²) in [6, 6.07) is 13.1. The highest BCUT2D eigenvalue weighted by Gasteiger charge is 2.25. The van der Waals surface area contributed by atoms with Crippen LogP contribution in [-0.4, -0.2) is 36.6 Å². The van der Waals surface area contributed by atoms with Crippen LogP contribution in [0.3, 0.4) is 0 Å². The summed E-state index contributed by atoms with van der Waals surface area (Å²) in [5.74, 6) is -0.619. The highest BCUT2D eigenvalue weighted by molar-refractivity contribution is 14.1. The first-order valence-electron chi connectivity index (χ1n) is 10.6. The van der Waals surface area contributed by atoms with E-state index in [2.05, 4.69) is 15.3 Å². The molecular formula is C25H25FIN3O4S. The smallest absolute Gasteiger partial charge is 0.360 e. The first-order valence-corrected chi connectivity index (χ1v) is 12.5. The second-order valence-electron chi connectivity index (χ2n) is 7.63. The first-order chi connectivity index (χ1) is 16.7. The van der Waals surface area contributed by atoms with E-state index in [1.165, 1.54) is 32.5 Å². The molecule has 1 atom stereocenters. The predicted octanol–water partition coefficient (Wildman–Crippen LogP) is 6.16. The number of nitrogens with zero attached hydrogens (tertiary/aromatic N) is 3. The molecule has 0 radical (unpaired) electrons. The van der Waals surface area contributed by atoms with E-state index in [1.807, 2.05) is 50.2 Å². The van der Waals surface area contributed by atoms with E-state index in [4.69, 9.17) is 14.4 Å². The number of oxime groups is 2. The molecule has 1 heterocycles. The normalized spacial score (nSPS) is 13.8. The fraction of sp³-hybridized carbons (Fsp3) is 0.280. The standard InChI is InChI=1S/C25H25FIN3O4S/c1-15-9-8-12-18(22(30-33-5)24(31)32-4)20(15)14-34-29-16(2)17-10-6-7-11-19(17)23-28-13-21(35-23)25(3,26)27/h6-13H,14H2,1-5H3/b29-16+,30-22+. The maximum atomic E-state index is 14.3. The summed E-state index contributed by atoms with van der Waals surface area (Å²) in [5, 5.41) is 8.85. The lowest BCUT2D eigenvalue weighted by molar-refractivity contribution is -0.132. The van der Waals surface area contributed by atoms with Crippen molar-refractivity contribution >= 4 is 51.3 Å². The van der Waals surface area contributed by atoms with Gasteiger partial charge in [-0.05, 0) is 48.9 Å². The molecule has 0 aliphatic rings. The van der Waals surface area contributed by atoms with Gasteiger partial charge in [0.15, 0.2) is 9.39 Å². The summed E-state index contributed by atoms with van der Waals surface area (Å²) in [4.78, 5) is 27.8. The maximum Gasteiger partial charge on any atom is 0.360 e. The van der Waals surface area contributed by atoms with Crippen LogP contribution < -0.4 is 0 Å². The van der Waals surface area contributed by atoms with Crippen molar-refractivity contribution in [2.24, 2.45) is 10.3 Å². The molecule has 1 unspecified atom stereocenters. The lowest BCUT2D eigenvalue weighted by Gasteiger charge is -2.13. The van der Waals surface area contributed by atoms with Crippen LogP contribution in [-0.2, 0) is 29.5 Å². The number of carbonyl (C=O) groups excluding carboxylic acids is 1. The van der Waals surface area contributed by atoms with Gasteiger partial charge in [0, 0.05) is 28.5 Å². The Hall–Kier alpha value is -2.86. The van der Waals surface area contributed by atoms with Gasteiger partial charge in [0.25, 0.3) is 0 Å². The molecule has 0 bridgehead atoms. The zero-order valence-electron chi connectivity index (χ0n) is 20.0. The number of hydrogen-bond donors (Lipinski definition) is 0. The SMILES string of the molecule is CO/N=C(/C(=O)OC)c1cccc(C)c1CO/N=C(\C)c1ccccc1-c1ncc(C(C)(F)I)s1. The van der Waals surface area contributed by atoms with Crippen LogP contribution in [0.5, 0.6) is 0 Å². The number of ether oxygens (including phenoxy) is 1. The minimum atomic E-state index is -1.49. The van der Waals surface area contributed by atoms with Crippen LogP contribution in [0.4, 0.5) is 4.39 Å². The number of aryl methyl sites for hydroxylation is 1. The zero-order valence-corrected chi connectivity index (χ0v) is 22.9. The van der Waals surface area contributed by atoms with Gasteiger partial charge >= 0.3 is 5.97 Å². The fourth-order valence-corrected chi connectivity index (χ4v) is 4.69. The lowest BCUT2D eigenvalue weighted by Crippen LogP contribution is -2.20. The second-order valence-corrected chi connectivity index (χ2v) is 10.7. The summed E-state index contributed by atoms with van der Waals surface area (Å²) < 4.78 is 17.7. The Bertz CT molecular complexity index is 1270. The Balaban J connectivity index is 1.88. The molecule has 0 aliphatic heterocycles. The Kier molecular flexibility index (Phi) is 8.95. The minimum Gasteiger partial charge on any atom is -0.464 e. The van der Waals surface area contributed by atoms with Gasteiger partial charge in [-0.25, -0.2) is 14.2 Å². The van der Waals surface area contributed by atoms with Crippen LogP contribution >= 0.6 is 33.9 Å². The van der Waals surface area contributed by atoms with Gasteiger partial charge in [-0.2, -0.15) is 0 Å². The Morgan fingerprint density at radius 1 is 1.14 bits per heavy atom. The molecule has 7 nitrogen and oxygen atoms in total. The topological polar surface area (TPSA) is 82.4 Å². The molecule has 1 aromatic heterocycles. The van der Waals surface area contributed by atoms with Crippen molar-refractivity contribution in [2.45, 2.75) is 31.1 Å². The average Bonchev–Trinajstić information content (AvgIpc) is 3.34. The number of rotatable bonds is 9. The molecule has 2 aromatic carbocycles. The number of carbonyl (C=O) groups is 1. The molecular weight excluding hydrogens is 584 g/mol. The fourth-order valence-electron chi connectivity index (χ4n) is 3.33. The molecule has 0 aliphatic carbocycles. The molecule has 3 aromatic rings. The molecule has 0 spiro atoms. The van der Waals surface area contributed by atoms with E-state index < -0.39 is 9.64 Å². The third-order valence-electron chi connectivity index (χ3n) is 5.12. The van der Waals surface area contributed by atoms with E-state index in [0.717, 1.165) is 22.3 Å². The number of alkyl halides is 2. The van der Waals surface area contributed by atoms with Crippen LogP contribution in [0.15, 0.2) is 59.0 Å². The third-order valence-corrected chi connectivity index (χ3v) is 7.30. The summed E-state index contributed by atoms with van der Waals surface area (Å²) in [6.45, 7) is 5.33.